The second-order valence-corrected chi connectivity index (χ2v) is 6.71. The highest BCUT2D eigenvalue weighted by Crippen LogP contribution is 2.20. The van der Waals surface area contributed by atoms with Gasteiger partial charge in [-0.05, 0) is 42.8 Å². The van der Waals surface area contributed by atoms with E-state index in [1.54, 1.807) is 20.8 Å². The molecule has 0 bridgehead atoms. The summed E-state index contributed by atoms with van der Waals surface area (Å²) in [6.07, 6.45) is -0.241. The summed E-state index contributed by atoms with van der Waals surface area (Å²) in [5, 5.41) is 4.37. The molecule has 0 spiro atoms. The second kappa shape index (κ2) is 6.33. The summed E-state index contributed by atoms with van der Waals surface area (Å²) in [6.45, 7) is 5.32. The number of ketones is 1. The highest BCUT2D eigenvalue weighted by Gasteiger charge is 2.16. The van der Waals surface area contributed by atoms with Crippen molar-refractivity contribution in [3.8, 4) is 0 Å². The lowest BCUT2D eigenvalue weighted by atomic mass is 10.2. The van der Waals surface area contributed by atoms with Crippen LogP contribution in [0, 0.1) is 0 Å². The molecule has 4 nitrogen and oxygen atoms in total. The summed E-state index contributed by atoms with van der Waals surface area (Å²) in [5.74, 6) is -0.0461. The first-order chi connectivity index (χ1) is 8.26. The van der Waals surface area contributed by atoms with Gasteiger partial charge in [0.2, 0.25) is 0 Å². The van der Waals surface area contributed by atoms with Gasteiger partial charge in [0, 0.05) is 21.2 Å². The summed E-state index contributed by atoms with van der Waals surface area (Å²) < 4.78 is 6.00. The van der Waals surface area contributed by atoms with Crippen LogP contribution in [0.5, 0.6) is 0 Å². The van der Waals surface area contributed by atoms with Gasteiger partial charge in [-0.15, -0.1) is 11.3 Å². The zero-order chi connectivity index (χ0) is 13.8. The zero-order valence-electron chi connectivity index (χ0n) is 10.6. The van der Waals surface area contributed by atoms with E-state index in [1.165, 1.54) is 11.3 Å². The predicted octanol–water partition coefficient (Wildman–Crippen LogP) is 3.15. The van der Waals surface area contributed by atoms with Crippen molar-refractivity contribution in [3.63, 3.8) is 0 Å². The van der Waals surface area contributed by atoms with Crippen molar-refractivity contribution in [1.82, 2.24) is 5.32 Å². The number of carbonyl (C=O) groups is 2. The molecule has 0 aromatic carbocycles. The zero-order valence-corrected chi connectivity index (χ0v) is 13.0. The van der Waals surface area contributed by atoms with E-state index >= 15 is 0 Å². The Balaban J connectivity index is 2.31. The average Bonchev–Trinajstić information content (AvgIpc) is 2.58. The number of nitrogens with one attached hydrogen (secondary N) is 1. The number of ether oxygens (including phenoxy) is 1. The molecule has 0 saturated carbocycles. The third-order valence-electron chi connectivity index (χ3n) is 1.82. The van der Waals surface area contributed by atoms with Crippen molar-refractivity contribution in [2.45, 2.75) is 32.8 Å². The largest absolute Gasteiger partial charge is 0.444 e. The molecule has 6 heteroatoms. The van der Waals surface area contributed by atoms with Gasteiger partial charge in [0.25, 0.3) is 0 Å². The molecule has 100 valence electrons. The van der Waals surface area contributed by atoms with Crippen LogP contribution in [0.1, 0.15) is 25.6 Å². The molecule has 0 fully saturated rings. The van der Waals surface area contributed by atoms with Crippen LogP contribution < -0.4 is 5.32 Å². The Kier molecular flexibility index (Phi) is 5.34. The smallest absolute Gasteiger partial charge is 0.408 e. The lowest BCUT2D eigenvalue weighted by Crippen LogP contribution is -2.35. The van der Waals surface area contributed by atoms with Crippen LogP contribution in [0.3, 0.4) is 0 Å². The highest BCUT2D eigenvalue weighted by atomic mass is 79.9. The van der Waals surface area contributed by atoms with E-state index in [2.05, 4.69) is 21.2 Å². The molecule has 0 radical (unpaired) electrons. The Morgan fingerprint density at radius 1 is 1.44 bits per heavy atom. The molecule has 0 aliphatic carbocycles. The number of carbonyl (C=O) groups excluding carboxylic acids is 2. The number of alkyl carbamates (subject to hydrolysis) is 1. The molecule has 0 aliphatic rings. The van der Waals surface area contributed by atoms with Crippen molar-refractivity contribution in [2.75, 3.05) is 6.54 Å². The SMILES string of the molecule is CC(C)(C)OC(=O)NCC(=O)Cc1cc(Br)cs1. The molecular weight excluding hydrogens is 318 g/mol. The molecule has 1 aromatic heterocycles. The van der Waals surface area contributed by atoms with Crippen molar-refractivity contribution < 1.29 is 14.3 Å². The van der Waals surface area contributed by atoms with Crippen LogP contribution in [0.25, 0.3) is 0 Å². The Morgan fingerprint density at radius 2 is 2.11 bits per heavy atom. The third kappa shape index (κ3) is 6.16. The van der Waals surface area contributed by atoms with Crippen molar-refractivity contribution in [1.29, 1.82) is 0 Å². The molecule has 1 aromatic rings. The van der Waals surface area contributed by atoms with Gasteiger partial charge in [-0.2, -0.15) is 0 Å². The summed E-state index contributed by atoms with van der Waals surface area (Å²) in [4.78, 5) is 23.9. The number of thiophene rings is 1. The van der Waals surface area contributed by atoms with Crippen LogP contribution in [0.4, 0.5) is 4.79 Å². The monoisotopic (exact) mass is 333 g/mol. The van der Waals surface area contributed by atoms with E-state index in [1.807, 2.05) is 11.4 Å². The van der Waals surface area contributed by atoms with E-state index in [9.17, 15) is 9.59 Å². The maximum absolute atomic E-state index is 11.6. The molecule has 0 aliphatic heterocycles. The Labute approximate surface area is 119 Å². The molecule has 0 unspecified atom stereocenters. The van der Waals surface area contributed by atoms with Gasteiger partial charge in [0.05, 0.1) is 6.54 Å². The molecule has 1 rings (SSSR count). The Morgan fingerprint density at radius 3 is 2.61 bits per heavy atom. The van der Waals surface area contributed by atoms with Gasteiger partial charge in [-0.25, -0.2) is 4.79 Å². The molecule has 1 heterocycles. The lowest BCUT2D eigenvalue weighted by molar-refractivity contribution is -0.117. The van der Waals surface area contributed by atoms with E-state index in [0.717, 1.165) is 9.35 Å². The molecular formula is C12H16BrNO3S. The van der Waals surface area contributed by atoms with Gasteiger partial charge in [-0.1, -0.05) is 0 Å². The highest BCUT2D eigenvalue weighted by molar-refractivity contribution is 9.10. The quantitative estimate of drug-likeness (QED) is 0.920. The fraction of sp³-hybridized carbons (Fsp3) is 0.500. The summed E-state index contributed by atoms with van der Waals surface area (Å²) in [7, 11) is 0. The van der Waals surface area contributed by atoms with Crippen LogP contribution in [0.2, 0.25) is 0 Å². The maximum atomic E-state index is 11.6. The summed E-state index contributed by atoms with van der Waals surface area (Å²) in [5.41, 5.74) is -0.550. The first kappa shape index (κ1) is 15.2. The Hall–Kier alpha value is -0.880. The van der Waals surface area contributed by atoms with Crippen LogP contribution in [-0.4, -0.2) is 24.0 Å². The minimum atomic E-state index is -0.566. The molecule has 0 atom stereocenters. The van der Waals surface area contributed by atoms with E-state index < -0.39 is 11.7 Å². The second-order valence-electron chi connectivity index (χ2n) is 4.80. The first-order valence-electron chi connectivity index (χ1n) is 5.48. The fourth-order valence-corrected chi connectivity index (χ4v) is 2.67. The van der Waals surface area contributed by atoms with Crippen molar-refractivity contribution >= 4 is 39.1 Å². The van der Waals surface area contributed by atoms with Gasteiger partial charge >= 0.3 is 6.09 Å². The summed E-state index contributed by atoms with van der Waals surface area (Å²) in [6, 6.07) is 1.90. The third-order valence-corrected chi connectivity index (χ3v) is 3.52. The topological polar surface area (TPSA) is 55.4 Å². The van der Waals surface area contributed by atoms with Gasteiger partial charge in [0.1, 0.15) is 5.60 Å². The minimum absolute atomic E-state index is 0.00949. The van der Waals surface area contributed by atoms with Crippen LogP contribution in [-0.2, 0) is 16.0 Å². The molecule has 0 saturated heterocycles. The fourth-order valence-electron chi connectivity index (χ4n) is 1.19. The normalized spacial score (nSPS) is 11.1. The standard InChI is InChI=1S/C12H16BrNO3S/c1-12(2,3)17-11(16)14-6-9(15)5-10-4-8(13)7-18-10/h4,7H,5-6H2,1-3H3,(H,14,16). The van der Waals surface area contributed by atoms with Gasteiger partial charge in [-0.3, -0.25) is 4.79 Å². The Bertz CT molecular complexity index is 437. The summed E-state index contributed by atoms with van der Waals surface area (Å²) >= 11 is 4.84. The number of amides is 1. The number of hydrogen-bond acceptors (Lipinski definition) is 4. The minimum Gasteiger partial charge on any atom is -0.444 e. The van der Waals surface area contributed by atoms with E-state index in [-0.39, 0.29) is 12.3 Å². The number of halogens is 1. The molecule has 1 amide bonds. The number of hydrogen-bond donors (Lipinski definition) is 1. The lowest BCUT2D eigenvalue weighted by Gasteiger charge is -2.19. The van der Waals surface area contributed by atoms with Crippen LogP contribution in [0.15, 0.2) is 15.9 Å². The van der Waals surface area contributed by atoms with E-state index in [0.29, 0.717) is 6.42 Å². The van der Waals surface area contributed by atoms with Gasteiger partial charge < -0.3 is 10.1 Å². The molecule has 18 heavy (non-hydrogen) atoms. The maximum Gasteiger partial charge on any atom is 0.408 e. The first-order valence-corrected chi connectivity index (χ1v) is 7.15. The van der Waals surface area contributed by atoms with Crippen molar-refractivity contribution in [2.24, 2.45) is 0 Å². The predicted molar refractivity (Wildman–Crippen MR) is 75.0 cm³/mol. The number of rotatable bonds is 4. The van der Waals surface area contributed by atoms with Crippen molar-refractivity contribution in [3.05, 3.63) is 20.8 Å². The molecule has 1 N–H and O–H groups in total. The van der Waals surface area contributed by atoms with E-state index in [4.69, 9.17) is 4.74 Å². The number of Topliss-reactive ketones (excluding diaryl/α,β-unsaturated/α-hetero) is 1. The van der Waals surface area contributed by atoms with Crippen LogP contribution >= 0.6 is 27.3 Å². The average molecular weight is 334 g/mol. The van der Waals surface area contributed by atoms with Gasteiger partial charge in [0.15, 0.2) is 5.78 Å².